The number of aromatic nitrogens is 2. The molecule has 3 heterocycles. The molecule has 2 aromatic carbocycles. The van der Waals surface area contributed by atoms with Crippen LogP contribution in [0, 0.1) is 5.41 Å². The third-order valence-corrected chi connectivity index (χ3v) is 10.3. The van der Waals surface area contributed by atoms with Crippen molar-refractivity contribution >= 4 is 45.9 Å². The van der Waals surface area contributed by atoms with E-state index in [0.717, 1.165) is 35.6 Å². The first-order chi connectivity index (χ1) is 28.2. The fourth-order valence-corrected chi connectivity index (χ4v) is 7.02. The summed E-state index contributed by atoms with van der Waals surface area (Å²) in [4.78, 5) is 21.8. The van der Waals surface area contributed by atoms with Crippen LogP contribution in [-0.2, 0) is 25.4 Å². The highest BCUT2D eigenvalue weighted by Crippen LogP contribution is 2.24. The van der Waals surface area contributed by atoms with Crippen LogP contribution in [0.15, 0.2) is 36.4 Å². The van der Waals surface area contributed by atoms with Crippen molar-refractivity contribution in [2.45, 2.75) is 101 Å². The van der Waals surface area contributed by atoms with E-state index in [0.29, 0.717) is 31.9 Å². The molecule has 0 aliphatic carbocycles. The second-order valence-corrected chi connectivity index (χ2v) is 15.2. The largest absolute Gasteiger partial charge is 0.494 e. The number of amides is 1. The van der Waals surface area contributed by atoms with Gasteiger partial charge < -0.3 is 66.0 Å². The molecule has 0 bridgehead atoms. The fraction of sp³-hybridized carbons (Fsp3) is 0.590. The Morgan fingerprint density at radius 2 is 1.68 bits per heavy atom. The maximum absolute atomic E-state index is 12.4. The van der Waals surface area contributed by atoms with Gasteiger partial charge in [0.15, 0.2) is 41.0 Å². The van der Waals surface area contributed by atoms with Gasteiger partial charge >= 0.3 is 0 Å². The van der Waals surface area contributed by atoms with Gasteiger partial charge in [0, 0.05) is 32.6 Å². The summed E-state index contributed by atoms with van der Waals surface area (Å²) in [5.41, 5.74) is 12.2. The predicted octanol–water partition coefficient (Wildman–Crippen LogP) is 0.513. The lowest BCUT2D eigenvalue weighted by Gasteiger charge is -2.38. The van der Waals surface area contributed by atoms with E-state index < -0.39 is 61.2 Å². The molecule has 3 aromatic rings. The molecule has 12 N–H and O–H groups in total. The van der Waals surface area contributed by atoms with E-state index in [9.17, 15) is 30.3 Å². The number of rotatable bonds is 19. The van der Waals surface area contributed by atoms with Gasteiger partial charge in [0.25, 0.3) is 5.91 Å². The van der Waals surface area contributed by atoms with Crippen molar-refractivity contribution in [1.29, 1.82) is 5.41 Å². The standard InChI is InChI=1S/C39H57ClN8O11/c1-21-56-19-29(51)31(58-21)16-26(49)17-48(18-28(50)33(53)34-30(52)20-57-22(2)59-34)12-5-13-55-27-10-9-24-14-23(7-8-25(24)15-27)6-3-4-11-44-39(43)47-38(54)32-36(41)46-37(42)35(40)45-32/h7-10,14-15,21-22,26,28-31,33-34,49-53H,3-6,11-13,16-20H2,1-2H3,(H4,41,42,46)(H3,43,44,47,54)/t21?,22?,26-,28+,29-,30-,31+,33-,34-/m1/s1. The third-order valence-electron chi connectivity index (χ3n) is 9.99. The maximum Gasteiger partial charge on any atom is 0.280 e. The van der Waals surface area contributed by atoms with Crippen LogP contribution in [0.2, 0.25) is 5.15 Å². The van der Waals surface area contributed by atoms with Gasteiger partial charge in [-0.25, -0.2) is 9.97 Å². The number of aryl methyl sites for hydroxylation is 1. The van der Waals surface area contributed by atoms with Crippen LogP contribution >= 0.6 is 11.6 Å². The van der Waals surface area contributed by atoms with E-state index in [2.05, 4.69) is 32.7 Å². The molecule has 2 aliphatic heterocycles. The Kier molecular flexibility index (Phi) is 17.2. The van der Waals surface area contributed by atoms with Crippen LogP contribution in [0.4, 0.5) is 11.6 Å². The molecule has 5 rings (SSSR count). The maximum atomic E-state index is 12.4. The number of carbonyl (C=O) groups is 1. The molecule has 1 aromatic heterocycles. The number of guanidine groups is 1. The van der Waals surface area contributed by atoms with Crippen molar-refractivity contribution < 1.29 is 54.0 Å². The topological polar surface area (TPSA) is 293 Å². The number of halogens is 1. The number of anilines is 2. The van der Waals surface area contributed by atoms with Gasteiger partial charge in [-0.2, -0.15) is 0 Å². The Morgan fingerprint density at radius 3 is 2.46 bits per heavy atom. The first kappa shape index (κ1) is 46.1. The van der Waals surface area contributed by atoms with Crippen LogP contribution in [-0.4, -0.2) is 154 Å². The van der Waals surface area contributed by atoms with Crippen molar-refractivity contribution in [1.82, 2.24) is 25.5 Å². The van der Waals surface area contributed by atoms with Crippen LogP contribution < -0.4 is 26.8 Å². The van der Waals surface area contributed by atoms with Crippen molar-refractivity contribution in [2.24, 2.45) is 0 Å². The summed E-state index contributed by atoms with van der Waals surface area (Å²) >= 11 is 5.84. The number of unbranched alkanes of at least 4 members (excludes halogenated alkanes) is 1. The minimum Gasteiger partial charge on any atom is -0.494 e. The Morgan fingerprint density at radius 1 is 0.966 bits per heavy atom. The minimum atomic E-state index is -1.41. The highest BCUT2D eigenvalue weighted by atomic mass is 35.5. The van der Waals surface area contributed by atoms with Gasteiger partial charge in [0.05, 0.1) is 38.1 Å². The number of hydrogen-bond donors (Lipinski definition) is 10. The van der Waals surface area contributed by atoms with E-state index in [4.69, 9.17) is 52.2 Å². The summed E-state index contributed by atoms with van der Waals surface area (Å²) in [6, 6.07) is 12.1. The number of nitrogens with one attached hydrogen (secondary N) is 3. The number of ether oxygens (including phenoxy) is 5. The van der Waals surface area contributed by atoms with E-state index >= 15 is 0 Å². The highest BCUT2D eigenvalue weighted by Gasteiger charge is 2.38. The van der Waals surface area contributed by atoms with Gasteiger partial charge in [0.2, 0.25) is 0 Å². The predicted molar refractivity (Wildman–Crippen MR) is 218 cm³/mol. The summed E-state index contributed by atoms with van der Waals surface area (Å²) in [7, 11) is 0. The number of hydrogen-bond acceptors (Lipinski definition) is 17. The Hall–Kier alpha value is -3.99. The first-order valence-electron chi connectivity index (χ1n) is 19.7. The number of carbonyl (C=O) groups excluding carboxylic acids is 1. The Balaban J connectivity index is 1.07. The first-order valence-corrected chi connectivity index (χ1v) is 20.1. The number of nitrogen functional groups attached to an aromatic ring is 2. The Labute approximate surface area is 347 Å². The quantitative estimate of drug-likeness (QED) is 0.0447. The van der Waals surface area contributed by atoms with Crippen molar-refractivity contribution in [3.05, 3.63) is 52.8 Å². The highest BCUT2D eigenvalue weighted by molar-refractivity contribution is 6.31. The molecule has 0 saturated carbocycles. The second-order valence-electron chi connectivity index (χ2n) is 14.8. The van der Waals surface area contributed by atoms with Crippen LogP contribution in [0.1, 0.15) is 55.6 Å². The smallest absolute Gasteiger partial charge is 0.280 e. The van der Waals surface area contributed by atoms with Crippen molar-refractivity contribution in [2.75, 3.05) is 57.5 Å². The molecule has 59 heavy (non-hydrogen) atoms. The normalized spacial score (nSPS) is 23.7. The SMILES string of the molecule is CC1OC[C@@H](O)[C@H]([C@H](O)[C@@H](O)CN(CCCOc2ccc3cc(CCCCNC(=N)NC(=O)c4nc(Cl)c(N)nc4N)ccc3c2)C[C@H](O)C[C@@H]2OC(C)OC[C@H]2O)O1. The molecule has 9 atom stereocenters. The molecule has 2 fully saturated rings. The molecule has 2 saturated heterocycles. The van der Waals surface area contributed by atoms with E-state index in [-0.39, 0.29) is 61.2 Å². The summed E-state index contributed by atoms with van der Waals surface area (Å²) in [5.74, 6) is -0.530. The monoisotopic (exact) mass is 848 g/mol. The molecule has 326 valence electrons. The summed E-state index contributed by atoms with van der Waals surface area (Å²) < 4.78 is 27.9. The molecular weight excluding hydrogens is 792 g/mol. The zero-order valence-electron chi connectivity index (χ0n) is 33.2. The number of nitrogens with zero attached hydrogens (tertiary/aromatic N) is 3. The van der Waals surface area contributed by atoms with E-state index in [1.54, 1.807) is 18.7 Å². The lowest BCUT2D eigenvalue weighted by atomic mass is 10.0. The summed E-state index contributed by atoms with van der Waals surface area (Å²) in [6.45, 7) is 4.70. The second kappa shape index (κ2) is 22.0. The van der Waals surface area contributed by atoms with Crippen molar-refractivity contribution in [3.8, 4) is 5.75 Å². The molecule has 2 aliphatic rings. The van der Waals surface area contributed by atoms with Gasteiger partial charge in [-0.15, -0.1) is 0 Å². The fourth-order valence-electron chi connectivity index (χ4n) is 6.90. The zero-order chi connectivity index (χ0) is 42.6. The van der Waals surface area contributed by atoms with Gasteiger partial charge in [0.1, 0.15) is 30.2 Å². The lowest BCUT2D eigenvalue weighted by Crippen LogP contribution is -2.55. The average Bonchev–Trinajstić information content (AvgIpc) is 3.19. The third kappa shape index (κ3) is 13.8. The van der Waals surface area contributed by atoms with Crippen molar-refractivity contribution in [3.63, 3.8) is 0 Å². The Bertz CT molecular complexity index is 1850. The van der Waals surface area contributed by atoms with Gasteiger partial charge in [-0.05, 0) is 68.0 Å². The molecule has 2 unspecified atom stereocenters. The molecular formula is C39H57ClN8O11. The number of nitrogens with two attached hydrogens (primary N) is 2. The lowest BCUT2D eigenvalue weighted by molar-refractivity contribution is -0.272. The molecule has 0 radical (unpaired) electrons. The summed E-state index contributed by atoms with van der Waals surface area (Å²) in [6.07, 6.45) is -5.45. The van der Waals surface area contributed by atoms with Gasteiger partial charge in [-0.1, -0.05) is 35.9 Å². The number of aliphatic hydroxyl groups excluding tert-OH is 5. The van der Waals surface area contributed by atoms with E-state index in [1.165, 1.54) is 0 Å². The molecule has 0 spiro atoms. The number of benzene rings is 2. The van der Waals surface area contributed by atoms with Crippen LogP contribution in [0.5, 0.6) is 5.75 Å². The van der Waals surface area contributed by atoms with Gasteiger partial charge in [-0.3, -0.25) is 20.4 Å². The van der Waals surface area contributed by atoms with Crippen LogP contribution in [0.3, 0.4) is 0 Å². The minimum absolute atomic E-state index is 0.0301. The van der Waals surface area contributed by atoms with E-state index in [1.807, 2.05) is 24.3 Å². The average molecular weight is 849 g/mol. The molecule has 1 amide bonds. The molecule has 19 nitrogen and oxygen atoms in total. The summed E-state index contributed by atoms with van der Waals surface area (Å²) in [5, 5.41) is 68.8. The zero-order valence-corrected chi connectivity index (χ0v) is 34.0. The molecule has 20 heteroatoms. The number of aliphatic hydroxyl groups is 5. The number of fused-ring (bicyclic) bond motifs is 1. The van der Waals surface area contributed by atoms with Crippen LogP contribution in [0.25, 0.3) is 10.8 Å².